The molecule has 4 saturated carbocycles. The van der Waals surface area contributed by atoms with Crippen LogP contribution in [0.15, 0.2) is 0 Å². The van der Waals surface area contributed by atoms with Gasteiger partial charge in [0.25, 0.3) is 0 Å². The Labute approximate surface area is 117 Å². The fourth-order valence-corrected chi connectivity index (χ4v) is 4.88. The summed E-state index contributed by atoms with van der Waals surface area (Å²) in [6, 6.07) is 0. The molecule has 4 rings (SSSR count). The van der Waals surface area contributed by atoms with Crippen LogP contribution in [0.25, 0.3) is 0 Å². The zero-order valence-corrected chi connectivity index (χ0v) is 11.3. The Bertz CT molecular complexity index is 381. The molecule has 0 aromatic heterocycles. The predicted molar refractivity (Wildman–Crippen MR) is 66.5 cm³/mol. The van der Waals surface area contributed by atoms with Crippen LogP contribution in [0.3, 0.4) is 0 Å². The number of ether oxygens (including phenoxy) is 2. The Hall–Kier alpha value is -1.14. The first-order chi connectivity index (χ1) is 9.48. The molecule has 4 bridgehead atoms. The van der Waals surface area contributed by atoms with E-state index in [1.807, 2.05) is 0 Å². The third-order valence-corrected chi connectivity index (χ3v) is 4.87. The third-order valence-electron chi connectivity index (χ3n) is 4.87. The Morgan fingerprint density at radius 1 is 0.900 bits per heavy atom. The summed E-state index contributed by atoms with van der Waals surface area (Å²) in [6.45, 7) is -1.25. The van der Waals surface area contributed by atoms with Gasteiger partial charge in [0.15, 0.2) is 0 Å². The number of carbonyl (C=O) groups excluding carboxylic acids is 2. The van der Waals surface area contributed by atoms with Gasteiger partial charge in [-0.25, -0.2) is 9.59 Å². The van der Waals surface area contributed by atoms with Crippen LogP contribution in [0.1, 0.15) is 38.5 Å². The minimum Gasteiger partial charge on any atom is -0.457 e. The van der Waals surface area contributed by atoms with Crippen molar-refractivity contribution in [3.8, 4) is 0 Å². The molecule has 0 radical (unpaired) electrons. The highest BCUT2D eigenvalue weighted by atomic mass is 16.6. The van der Waals surface area contributed by atoms with Crippen molar-refractivity contribution in [2.45, 2.75) is 49.7 Å². The summed E-state index contributed by atoms with van der Waals surface area (Å²) < 4.78 is 11.0. The summed E-state index contributed by atoms with van der Waals surface area (Å²) in [7, 11) is 0. The van der Waals surface area contributed by atoms with Crippen molar-refractivity contribution in [2.24, 2.45) is 11.8 Å². The molecule has 0 saturated heterocycles. The van der Waals surface area contributed by atoms with Gasteiger partial charge in [-0.2, -0.15) is 0 Å². The molecule has 0 aromatic carbocycles. The first kappa shape index (κ1) is 13.8. The summed E-state index contributed by atoms with van der Waals surface area (Å²) >= 11 is 0. The van der Waals surface area contributed by atoms with Crippen molar-refractivity contribution in [3.63, 3.8) is 0 Å². The SMILES string of the molecule is O=C(CO)OC12CC3CC(C1)CC(OC(=O)CO)(C3)C2. The second-order valence-electron chi connectivity index (χ2n) is 6.59. The van der Waals surface area contributed by atoms with Gasteiger partial charge in [0.2, 0.25) is 0 Å². The molecule has 0 aliphatic heterocycles. The summed E-state index contributed by atoms with van der Waals surface area (Å²) in [5.74, 6) is -0.463. The first-order valence-corrected chi connectivity index (χ1v) is 7.14. The molecule has 6 nitrogen and oxygen atoms in total. The van der Waals surface area contributed by atoms with Crippen molar-refractivity contribution >= 4 is 11.9 Å². The van der Waals surface area contributed by atoms with E-state index in [0.717, 1.165) is 32.1 Å². The lowest BCUT2D eigenvalue weighted by Gasteiger charge is -2.60. The second kappa shape index (κ2) is 4.70. The summed E-state index contributed by atoms with van der Waals surface area (Å²) in [5.41, 5.74) is -1.20. The molecule has 112 valence electrons. The average molecular weight is 284 g/mol. The van der Waals surface area contributed by atoms with Gasteiger partial charge in [-0.1, -0.05) is 0 Å². The normalized spacial score (nSPS) is 41.5. The lowest BCUT2D eigenvalue weighted by atomic mass is 9.52. The highest BCUT2D eigenvalue weighted by Crippen LogP contribution is 2.60. The Morgan fingerprint density at radius 3 is 1.65 bits per heavy atom. The maximum Gasteiger partial charge on any atom is 0.332 e. The minimum absolute atomic E-state index is 0.384. The molecule has 0 aromatic rings. The standard InChI is InChI=1S/C14H20O6/c15-6-11(17)19-13-2-9-1-10(4-13)5-14(3-9,8-13)20-12(18)7-16/h9-10,15-16H,1-8H2. The highest BCUT2D eigenvalue weighted by molar-refractivity contribution is 5.72. The van der Waals surface area contributed by atoms with Crippen molar-refractivity contribution in [3.05, 3.63) is 0 Å². The number of aliphatic hydroxyl groups excluding tert-OH is 2. The van der Waals surface area contributed by atoms with E-state index in [9.17, 15) is 9.59 Å². The van der Waals surface area contributed by atoms with E-state index in [-0.39, 0.29) is 0 Å². The van der Waals surface area contributed by atoms with Crippen LogP contribution in [0.5, 0.6) is 0 Å². The van der Waals surface area contributed by atoms with Crippen LogP contribution >= 0.6 is 0 Å². The second-order valence-corrected chi connectivity index (χ2v) is 6.59. The summed E-state index contributed by atoms with van der Waals surface area (Å²) in [6.07, 6.45) is 4.71. The van der Waals surface area contributed by atoms with Gasteiger partial charge in [0.1, 0.15) is 24.4 Å². The maximum absolute atomic E-state index is 11.5. The van der Waals surface area contributed by atoms with Crippen molar-refractivity contribution in [1.29, 1.82) is 0 Å². The van der Waals surface area contributed by atoms with Crippen LogP contribution in [-0.2, 0) is 19.1 Å². The zero-order valence-electron chi connectivity index (χ0n) is 11.3. The lowest BCUT2D eigenvalue weighted by molar-refractivity contribution is -0.233. The number of esters is 2. The Morgan fingerprint density at radius 2 is 1.30 bits per heavy atom. The largest absolute Gasteiger partial charge is 0.457 e. The molecule has 0 amide bonds. The van der Waals surface area contributed by atoms with Crippen LogP contribution in [-0.4, -0.2) is 46.6 Å². The number of hydrogen-bond donors (Lipinski definition) is 2. The monoisotopic (exact) mass is 284 g/mol. The fourth-order valence-electron chi connectivity index (χ4n) is 4.88. The zero-order chi connectivity index (χ0) is 14.4. The molecular weight excluding hydrogens is 264 g/mol. The van der Waals surface area contributed by atoms with Crippen molar-refractivity contribution < 1.29 is 29.3 Å². The van der Waals surface area contributed by atoms with E-state index in [1.54, 1.807) is 0 Å². The van der Waals surface area contributed by atoms with Gasteiger partial charge in [-0.15, -0.1) is 0 Å². The van der Waals surface area contributed by atoms with E-state index < -0.39 is 36.4 Å². The maximum atomic E-state index is 11.5. The molecule has 2 N–H and O–H groups in total. The number of carbonyl (C=O) groups is 2. The Kier molecular flexibility index (Phi) is 3.25. The van der Waals surface area contributed by atoms with Gasteiger partial charge in [0, 0.05) is 6.42 Å². The quantitative estimate of drug-likeness (QED) is 0.714. The number of rotatable bonds is 4. The molecule has 6 heteroatoms. The molecular formula is C14H20O6. The van der Waals surface area contributed by atoms with Gasteiger partial charge in [-0.05, 0) is 43.9 Å². The van der Waals surface area contributed by atoms with E-state index in [0.29, 0.717) is 18.3 Å². The van der Waals surface area contributed by atoms with Crippen LogP contribution in [0, 0.1) is 11.8 Å². The molecule has 20 heavy (non-hydrogen) atoms. The Balaban J connectivity index is 1.81. The smallest absolute Gasteiger partial charge is 0.332 e. The minimum atomic E-state index is -0.624. The predicted octanol–water partition coefficient (Wildman–Crippen LogP) is 0.149. The third kappa shape index (κ3) is 2.31. The first-order valence-electron chi connectivity index (χ1n) is 7.14. The fraction of sp³-hybridized carbons (Fsp3) is 0.857. The molecule has 4 aliphatic carbocycles. The molecule has 4 aliphatic rings. The van der Waals surface area contributed by atoms with Gasteiger partial charge in [-0.3, -0.25) is 0 Å². The molecule has 0 spiro atoms. The van der Waals surface area contributed by atoms with E-state index in [4.69, 9.17) is 19.7 Å². The van der Waals surface area contributed by atoms with Crippen LogP contribution in [0.2, 0.25) is 0 Å². The van der Waals surface area contributed by atoms with Gasteiger partial charge in [0.05, 0.1) is 0 Å². The van der Waals surface area contributed by atoms with Crippen LogP contribution in [0.4, 0.5) is 0 Å². The molecule has 0 atom stereocenters. The molecule has 4 fully saturated rings. The van der Waals surface area contributed by atoms with E-state index in [2.05, 4.69) is 0 Å². The highest BCUT2D eigenvalue weighted by Gasteiger charge is 2.61. The van der Waals surface area contributed by atoms with Crippen LogP contribution < -0.4 is 0 Å². The average Bonchev–Trinajstić information content (AvgIpc) is 2.35. The summed E-state index contributed by atoms with van der Waals surface area (Å²) in [4.78, 5) is 22.9. The van der Waals surface area contributed by atoms with Gasteiger partial charge < -0.3 is 19.7 Å². The summed E-state index contributed by atoms with van der Waals surface area (Å²) in [5, 5.41) is 17.8. The van der Waals surface area contributed by atoms with Gasteiger partial charge >= 0.3 is 11.9 Å². The lowest BCUT2D eigenvalue weighted by Crippen LogP contribution is -2.62. The molecule has 0 unspecified atom stereocenters. The molecule has 0 heterocycles. The van der Waals surface area contributed by atoms with E-state index >= 15 is 0 Å². The topological polar surface area (TPSA) is 93.1 Å². The van der Waals surface area contributed by atoms with Crippen molar-refractivity contribution in [1.82, 2.24) is 0 Å². The number of hydrogen-bond acceptors (Lipinski definition) is 6. The number of aliphatic hydroxyl groups is 2. The van der Waals surface area contributed by atoms with Crippen molar-refractivity contribution in [2.75, 3.05) is 13.2 Å². The van der Waals surface area contributed by atoms with E-state index in [1.165, 1.54) is 0 Å².